The fraction of sp³-hybridized carbons (Fsp3) is 0.200. The Labute approximate surface area is 79.2 Å². The second kappa shape index (κ2) is 3.14. The number of aromatic nitrogens is 1. The number of nitrogens with one attached hydrogen (secondary N) is 1. The Morgan fingerprint density at radius 2 is 2.14 bits per heavy atom. The van der Waals surface area contributed by atoms with Crippen LogP contribution < -0.4 is 11.4 Å². The Morgan fingerprint density at radius 3 is 2.86 bits per heavy atom. The van der Waals surface area contributed by atoms with E-state index in [0.29, 0.717) is 10.9 Å². The minimum absolute atomic E-state index is 0.420. The van der Waals surface area contributed by atoms with Crippen molar-refractivity contribution >= 4 is 10.9 Å². The van der Waals surface area contributed by atoms with Crippen LogP contribution in [0.2, 0.25) is 0 Å². The van der Waals surface area contributed by atoms with Gasteiger partial charge in [0.15, 0.2) is 0 Å². The van der Waals surface area contributed by atoms with Crippen molar-refractivity contribution in [2.24, 2.45) is 0 Å². The third kappa shape index (κ3) is 1.35. The second-order valence-electron chi connectivity index (χ2n) is 3.04. The maximum absolute atomic E-state index is 11.3. The number of H-pyrrole nitrogens is 1. The Morgan fingerprint density at radius 1 is 1.36 bits per heavy atom. The summed E-state index contributed by atoms with van der Waals surface area (Å²) in [6.07, 6.45) is 0.842. The maximum Gasteiger partial charge on any atom is 0.419 e. The van der Waals surface area contributed by atoms with Crippen LogP contribution in [0.25, 0.3) is 10.9 Å². The number of rotatable bonds is 1. The van der Waals surface area contributed by atoms with Gasteiger partial charge in [0.1, 0.15) is 0 Å². The highest BCUT2D eigenvalue weighted by Gasteiger charge is 2.02. The molecule has 14 heavy (non-hydrogen) atoms. The fourth-order valence-electron chi connectivity index (χ4n) is 1.36. The van der Waals surface area contributed by atoms with Crippen molar-refractivity contribution < 1.29 is 4.42 Å². The summed E-state index contributed by atoms with van der Waals surface area (Å²) in [6.45, 7) is 1.99. The van der Waals surface area contributed by atoms with Crippen LogP contribution in [0.15, 0.2) is 32.2 Å². The predicted molar refractivity (Wildman–Crippen MR) is 52.5 cm³/mol. The second-order valence-corrected chi connectivity index (χ2v) is 3.04. The molecule has 0 aliphatic rings. The number of benzene rings is 1. The lowest BCUT2D eigenvalue weighted by Gasteiger charge is -1.98. The van der Waals surface area contributed by atoms with Gasteiger partial charge in [-0.1, -0.05) is 13.0 Å². The van der Waals surface area contributed by atoms with E-state index in [1.165, 1.54) is 0 Å². The van der Waals surface area contributed by atoms with E-state index in [2.05, 4.69) is 9.40 Å². The Hall–Kier alpha value is -1.84. The average molecular weight is 191 g/mol. The van der Waals surface area contributed by atoms with Gasteiger partial charge >= 0.3 is 11.4 Å². The molecule has 0 bridgehead atoms. The molecule has 0 atom stereocenters. The molecule has 4 heteroatoms. The molecule has 1 aromatic heterocycles. The molecule has 0 saturated carbocycles. The SMILES string of the molecule is CCc1ccc2[nH]c(=O)oc(=O)c2c1. The highest BCUT2D eigenvalue weighted by Crippen LogP contribution is 2.08. The lowest BCUT2D eigenvalue weighted by atomic mass is 10.1. The van der Waals surface area contributed by atoms with Gasteiger partial charge in [0, 0.05) is 0 Å². The Bertz CT molecular complexity index is 580. The number of fused-ring (bicyclic) bond motifs is 1. The van der Waals surface area contributed by atoms with Crippen LogP contribution >= 0.6 is 0 Å². The minimum atomic E-state index is -0.716. The van der Waals surface area contributed by atoms with E-state index in [1.54, 1.807) is 12.1 Å². The van der Waals surface area contributed by atoms with E-state index >= 15 is 0 Å². The molecule has 4 nitrogen and oxygen atoms in total. The molecule has 0 aliphatic carbocycles. The average Bonchev–Trinajstić information content (AvgIpc) is 2.17. The van der Waals surface area contributed by atoms with E-state index in [-0.39, 0.29) is 0 Å². The number of aryl methyl sites for hydroxylation is 1. The zero-order valence-electron chi connectivity index (χ0n) is 7.66. The number of aromatic amines is 1. The van der Waals surface area contributed by atoms with Crippen molar-refractivity contribution in [1.82, 2.24) is 4.98 Å². The highest BCUT2D eigenvalue weighted by atomic mass is 16.4. The normalized spacial score (nSPS) is 10.6. The van der Waals surface area contributed by atoms with Crippen LogP contribution in [0.1, 0.15) is 12.5 Å². The van der Waals surface area contributed by atoms with Crippen LogP contribution in [0.5, 0.6) is 0 Å². The molecule has 72 valence electrons. The van der Waals surface area contributed by atoms with E-state index in [4.69, 9.17) is 0 Å². The highest BCUT2D eigenvalue weighted by molar-refractivity contribution is 5.77. The van der Waals surface area contributed by atoms with E-state index in [1.807, 2.05) is 13.0 Å². The molecular weight excluding hydrogens is 182 g/mol. The van der Waals surface area contributed by atoms with Crippen molar-refractivity contribution in [2.75, 3.05) is 0 Å². The Balaban J connectivity index is 2.89. The first-order valence-electron chi connectivity index (χ1n) is 4.37. The van der Waals surface area contributed by atoms with Crippen LogP contribution in [0.3, 0.4) is 0 Å². The summed E-state index contributed by atoms with van der Waals surface area (Å²) in [5, 5.41) is 0.420. The van der Waals surface area contributed by atoms with Gasteiger partial charge in [0.25, 0.3) is 0 Å². The topological polar surface area (TPSA) is 63.1 Å². The standard InChI is InChI=1S/C10H9NO3/c1-2-6-3-4-8-7(5-6)9(12)14-10(13)11-8/h3-5H,2H2,1H3,(H,11,13). The smallest absolute Gasteiger partial charge is 0.372 e. The zero-order valence-corrected chi connectivity index (χ0v) is 7.66. The monoisotopic (exact) mass is 191 g/mol. The summed E-state index contributed by atoms with van der Waals surface area (Å²) in [6, 6.07) is 5.32. The third-order valence-electron chi connectivity index (χ3n) is 2.13. The van der Waals surface area contributed by atoms with Crippen LogP contribution in [-0.4, -0.2) is 4.98 Å². The first kappa shape index (κ1) is 8.74. The van der Waals surface area contributed by atoms with Gasteiger partial charge in [-0.25, -0.2) is 9.59 Å². The predicted octanol–water partition coefficient (Wildman–Crippen LogP) is 1.04. The zero-order chi connectivity index (χ0) is 10.1. The first-order valence-corrected chi connectivity index (χ1v) is 4.37. The maximum atomic E-state index is 11.3. The van der Waals surface area contributed by atoms with Crippen molar-refractivity contribution in [3.05, 3.63) is 44.7 Å². The molecule has 2 rings (SSSR count). The number of hydrogen-bond donors (Lipinski definition) is 1. The van der Waals surface area contributed by atoms with Gasteiger partial charge in [-0.05, 0) is 24.1 Å². The van der Waals surface area contributed by atoms with Crippen LogP contribution in [0.4, 0.5) is 0 Å². The van der Waals surface area contributed by atoms with Gasteiger partial charge < -0.3 is 4.42 Å². The minimum Gasteiger partial charge on any atom is -0.372 e. The summed E-state index contributed by atoms with van der Waals surface area (Å²) >= 11 is 0. The molecule has 0 unspecified atom stereocenters. The molecule has 1 N–H and O–H groups in total. The molecular formula is C10H9NO3. The Kier molecular flexibility index (Phi) is 1.96. The van der Waals surface area contributed by atoms with Gasteiger partial charge in [0.05, 0.1) is 10.9 Å². The molecule has 0 amide bonds. The van der Waals surface area contributed by atoms with Crippen molar-refractivity contribution in [2.45, 2.75) is 13.3 Å². The molecule has 1 heterocycles. The molecule has 2 aromatic rings. The molecule has 1 aromatic carbocycles. The molecule has 0 saturated heterocycles. The summed E-state index contributed by atoms with van der Waals surface area (Å²) in [5.74, 6) is -0.716. The molecule has 0 spiro atoms. The van der Waals surface area contributed by atoms with Crippen molar-refractivity contribution in [3.63, 3.8) is 0 Å². The molecule has 0 radical (unpaired) electrons. The molecule has 0 fully saturated rings. The van der Waals surface area contributed by atoms with Gasteiger partial charge in [0.2, 0.25) is 0 Å². The van der Waals surface area contributed by atoms with E-state index in [0.717, 1.165) is 12.0 Å². The van der Waals surface area contributed by atoms with Gasteiger partial charge in [-0.2, -0.15) is 0 Å². The van der Waals surface area contributed by atoms with Crippen molar-refractivity contribution in [1.29, 1.82) is 0 Å². The first-order chi connectivity index (χ1) is 6.70. The largest absolute Gasteiger partial charge is 0.419 e. The summed E-state index contributed by atoms with van der Waals surface area (Å²) in [4.78, 5) is 24.6. The summed E-state index contributed by atoms with van der Waals surface area (Å²) in [7, 11) is 0. The fourth-order valence-corrected chi connectivity index (χ4v) is 1.36. The third-order valence-corrected chi connectivity index (χ3v) is 2.13. The van der Waals surface area contributed by atoms with Crippen LogP contribution in [-0.2, 0) is 6.42 Å². The van der Waals surface area contributed by atoms with Gasteiger partial charge in [-0.15, -0.1) is 0 Å². The molecule has 0 aliphatic heterocycles. The lowest BCUT2D eigenvalue weighted by Crippen LogP contribution is -2.14. The van der Waals surface area contributed by atoms with Crippen LogP contribution in [0, 0.1) is 0 Å². The lowest BCUT2D eigenvalue weighted by molar-refractivity contribution is 0.460. The summed E-state index contributed by atoms with van der Waals surface area (Å²) in [5.41, 5.74) is 0.972. The van der Waals surface area contributed by atoms with E-state index in [9.17, 15) is 9.59 Å². The summed E-state index contributed by atoms with van der Waals surface area (Å²) < 4.78 is 4.42. The van der Waals surface area contributed by atoms with E-state index < -0.39 is 11.4 Å². The number of hydrogen-bond acceptors (Lipinski definition) is 3. The van der Waals surface area contributed by atoms with Gasteiger partial charge in [-0.3, -0.25) is 4.98 Å². The van der Waals surface area contributed by atoms with Crippen molar-refractivity contribution in [3.8, 4) is 0 Å². The quantitative estimate of drug-likeness (QED) is 0.732.